The minimum Gasteiger partial charge on any atom is -0.481 e. The summed E-state index contributed by atoms with van der Waals surface area (Å²) in [4.78, 5) is 23.2. The van der Waals surface area contributed by atoms with E-state index in [4.69, 9.17) is 16.7 Å². The fraction of sp³-hybridized carbons (Fsp3) is 0.105. The Morgan fingerprint density at radius 2 is 1.93 bits per heavy atom. The van der Waals surface area contributed by atoms with Crippen LogP contribution in [0, 0.1) is 11.6 Å². The van der Waals surface area contributed by atoms with Crippen LogP contribution in [0.5, 0.6) is 0 Å². The molecule has 1 aromatic carbocycles. The van der Waals surface area contributed by atoms with Gasteiger partial charge in [-0.25, -0.2) is 28.4 Å². The van der Waals surface area contributed by atoms with Gasteiger partial charge in [0, 0.05) is 17.3 Å². The molecule has 0 bridgehead atoms. The maximum Gasteiger partial charge on any atom is 0.307 e. The Labute approximate surface area is 167 Å². The molecule has 0 saturated heterocycles. The molecule has 0 amide bonds. The van der Waals surface area contributed by atoms with Gasteiger partial charge < -0.3 is 5.11 Å². The second kappa shape index (κ2) is 7.51. The van der Waals surface area contributed by atoms with Gasteiger partial charge >= 0.3 is 5.97 Å². The largest absolute Gasteiger partial charge is 0.481 e. The molecule has 0 aliphatic rings. The first-order valence-electron chi connectivity index (χ1n) is 8.41. The number of nitrogens with zero attached hydrogens (tertiary/aromatic N) is 5. The third-order valence-corrected chi connectivity index (χ3v) is 4.52. The predicted molar refractivity (Wildman–Crippen MR) is 100 cm³/mol. The number of fused-ring (bicyclic) bond motifs is 1. The van der Waals surface area contributed by atoms with Gasteiger partial charge in [0.05, 0.1) is 24.5 Å². The first kappa shape index (κ1) is 18.9. The molecule has 10 heteroatoms. The summed E-state index contributed by atoms with van der Waals surface area (Å²) in [6, 6.07) is 7.44. The molecule has 0 saturated carbocycles. The average Bonchev–Trinajstić information content (AvgIpc) is 3.02. The normalized spacial score (nSPS) is 11.1. The Morgan fingerprint density at radius 1 is 1.14 bits per heavy atom. The number of benzene rings is 1. The SMILES string of the molecule is O=C(O)Cc1cnc(-c2nn(Cc3ccccc3F)c3ncc(F)cc23)nc1Cl. The van der Waals surface area contributed by atoms with E-state index in [0.717, 1.165) is 6.20 Å². The number of aromatic nitrogens is 5. The molecule has 146 valence electrons. The van der Waals surface area contributed by atoms with Crippen LogP contribution in [-0.2, 0) is 17.8 Å². The molecule has 0 atom stereocenters. The van der Waals surface area contributed by atoms with Gasteiger partial charge in [0.1, 0.15) is 22.5 Å². The quantitative estimate of drug-likeness (QED) is 0.501. The van der Waals surface area contributed by atoms with Gasteiger partial charge in [-0.05, 0) is 12.1 Å². The maximum absolute atomic E-state index is 14.1. The second-order valence-electron chi connectivity index (χ2n) is 6.20. The molecular formula is C19H12ClF2N5O2. The Balaban J connectivity index is 1.83. The van der Waals surface area contributed by atoms with Gasteiger partial charge in [-0.15, -0.1) is 0 Å². The summed E-state index contributed by atoms with van der Waals surface area (Å²) in [5.74, 6) is -1.99. The van der Waals surface area contributed by atoms with Crippen molar-refractivity contribution in [1.82, 2.24) is 24.7 Å². The Kier molecular flexibility index (Phi) is 4.89. The van der Waals surface area contributed by atoms with Crippen LogP contribution in [0.4, 0.5) is 8.78 Å². The molecule has 7 nitrogen and oxygen atoms in total. The molecule has 0 unspecified atom stereocenters. The summed E-state index contributed by atoms with van der Waals surface area (Å²) in [6.45, 7) is 0.0621. The first-order chi connectivity index (χ1) is 13.9. The molecule has 4 rings (SSSR count). The average molecular weight is 416 g/mol. The minimum absolute atomic E-state index is 0.0430. The zero-order valence-electron chi connectivity index (χ0n) is 14.7. The number of pyridine rings is 1. The van der Waals surface area contributed by atoms with Gasteiger partial charge in [0.2, 0.25) is 0 Å². The fourth-order valence-corrected chi connectivity index (χ4v) is 3.07. The maximum atomic E-state index is 14.1. The lowest BCUT2D eigenvalue weighted by atomic mass is 10.2. The fourth-order valence-electron chi connectivity index (χ4n) is 2.88. The number of hydrogen-bond acceptors (Lipinski definition) is 5. The highest BCUT2D eigenvalue weighted by molar-refractivity contribution is 6.30. The molecule has 3 heterocycles. The molecular weight excluding hydrogens is 404 g/mol. The Hall–Kier alpha value is -3.46. The van der Waals surface area contributed by atoms with E-state index in [1.807, 2.05) is 0 Å². The smallest absolute Gasteiger partial charge is 0.307 e. The van der Waals surface area contributed by atoms with Crippen LogP contribution in [0.3, 0.4) is 0 Å². The molecule has 0 aliphatic heterocycles. The van der Waals surface area contributed by atoms with E-state index >= 15 is 0 Å². The summed E-state index contributed by atoms with van der Waals surface area (Å²) < 4.78 is 29.3. The van der Waals surface area contributed by atoms with Crippen LogP contribution in [-0.4, -0.2) is 35.8 Å². The Bertz CT molecular complexity index is 1240. The van der Waals surface area contributed by atoms with Crippen LogP contribution in [0.25, 0.3) is 22.6 Å². The van der Waals surface area contributed by atoms with Crippen LogP contribution in [0.1, 0.15) is 11.1 Å². The molecule has 1 N–H and O–H groups in total. The van der Waals surface area contributed by atoms with Crippen molar-refractivity contribution in [3.05, 3.63) is 70.6 Å². The Morgan fingerprint density at radius 3 is 2.66 bits per heavy atom. The summed E-state index contributed by atoms with van der Waals surface area (Å²) in [7, 11) is 0. The topological polar surface area (TPSA) is 93.8 Å². The number of aliphatic carboxylic acids is 1. The summed E-state index contributed by atoms with van der Waals surface area (Å²) in [5.41, 5.74) is 1.14. The lowest BCUT2D eigenvalue weighted by Crippen LogP contribution is -2.05. The van der Waals surface area contributed by atoms with E-state index < -0.39 is 17.6 Å². The summed E-state index contributed by atoms with van der Waals surface area (Å²) in [6.07, 6.45) is 1.99. The van der Waals surface area contributed by atoms with Gasteiger partial charge in [-0.3, -0.25) is 4.79 Å². The molecule has 4 aromatic rings. The number of carboxylic acids is 1. The van der Waals surface area contributed by atoms with Crippen molar-refractivity contribution in [3.8, 4) is 11.5 Å². The van der Waals surface area contributed by atoms with E-state index in [2.05, 4.69) is 20.1 Å². The number of carboxylic acid groups (broad SMARTS) is 1. The number of hydrogen-bond donors (Lipinski definition) is 1. The highest BCUT2D eigenvalue weighted by Crippen LogP contribution is 2.27. The van der Waals surface area contributed by atoms with Crippen LogP contribution in [0.2, 0.25) is 5.15 Å². The highest BCUT2D eigenvalue weighted by Gasteiger charge is 2.19. The molecule has 3 aromatic heterocycles. The predicted octanol–water partition coefficient (Wildman–Crippen LogP) is 3.50. The molecule has 0 radical (unpaired) electrons. The lowest BCUT2D eigenvalue weighted by molar-refractivity contribution is -0.136. The van der Waals surface area contributed by atoms with E-state index in [0.29, 0.717) is 16.6 Å². The van der Waals surface area contributed by atoms with Crippen molar-refractivity contribution >= 4 is 28.6 Å². The highest BCUT2D eigenvalue weighted by atomic mass is 35.5. The van der Waals surface area contributed by atoms with E-state index in [1.165, 1.54) is 23.0 Å². The summed E-state index contributed by atoms with van der Waals surface area (Å²) in [5, 5.41) is 13.6. The zero-order valence-corrected chi connectivity index (χ0v) is 15.4. The van der Waals surface area contributed by atoms with Crippen molar-refractivity contribution in [2.45, 2.75) is 13.0 Å². The molecule has 29 heavy (non-hydrogen) atoms. The minimum atomic E-state index is -1.07. The van der Waals surface area contributed by atoms with Crippen LogP contribution in [0.15, 0.2) is 42.7 Å². The molecule has 0 spiro atoms. The van der Waals surface area contributed by atoms with E-state index in [-0.39, 0.29) is 35.2 Å². The standard InChI is InChI=1S/C19H12ClF2N5O2/c20-17-11(5-15(28)29)7-23-18(25-17)16-13-6-12(21)8-24-19(13)27(26-16)9-10-3-1-2-4-14(10)22/h1-4,6-8H,5,9H2,(H,28,29). The van der Waals surface area contributed by atoms with Crippen molar-refractivity contribution < 1.29 is 18.7 Å². The number of carbonyl (C=O) groups is 1. The lowest BCUT2D eigenvalue weighted by Gasteiger charge is -2.04. The van der Waals surface area contributed by atoms with Crippen molar-refractivity contribution in [1.29, 1.82) is 0 Å². The van der Waals surface area contributed by atoms with Gasteiger partial charge in [0.15, 0.2) is 11.5 Å². The molecule has 0 fully saturated rings. The van der Waals surface area contributed by atoms with Crippen molar-refractivity contribution in [2.75, 3.05) is 0 Å². The molecule has 0 aliphatic carbocycles. The second-order valence-corrected chi connectivity index (χ2v) is 6.56. The van der Waals surface area contributed by atoms with Crippen molar-refractivity contribution in [3.63, 3.8) is 0 Å². The van der Waals surface area contributed by atoms with E-state index in [9.17, 15) is 13.6 Å². The number of rotatable bonds is 5. The first-order valence-corrected chi connectivity index (χ1v) is 8.79. The number of halogens is 3. The van der Waals surface area contributed by atoms with Gasteiger partial charge in [-0.2, -0.15) is 5.10 Å². The van der Waals surface area contributed by atoms with E-state index in [1.54, 1.807) is 18.2 Å². The van der Waals surface area contributed by atoms with Crippen LogP contribution < -0.4 is 0 Å². The monoisotopic (exact) mass is 415 g/mol. The van der Waals surface area contributed by atoms with Crippen molar-refractivity contribution in [2.24, 2.45) is 0 Å². The van der Waals surface area contributed by atoms with Gasteiger partial charge in [-0.1, -0.05) is 29.8 Å². The van der Waals surface area contributed by atoms with Crippen LogP contribution >= 0.6 is 11.6 Å². The third kappa shape index (κ3) is 3.77. The third-order valence-electron chi connectivity index (χ3n) is 4.20. The summed E-state index contributed by atoms with van der Waals surface area (Å²) >= 11 is 6.07. The zero-order chi connectivity index (χ0) is 20.5. The van der Waals surface area contributed by atoms with Gasteiger partial charge in [0.25, 0.3) is 0 Å².